The molecule has 0 N–H and O–H groups in total. The second kappa shape index (κ2) is 4.23. The Hall–Kier alpha value is -2.55. The summed E-state index contributed by atoms with van der Waals surface area (Å²) in [4.78, 5) is 12.4. The number of rotatable bonds is 1. The molecule has 0 radical (unpaired) electrons. The summed E-state index contributed by atoms with van der Waals surface area (Å²) in [6, 6.07) is 13.5. The number of carbonyl (C=O) groups excluding carboxylic acids is 1. The summed E-state index contributed by atoms with van der Waals surface area (Å²) in [6.07, 6.45) is 1.61. The Bertz CT molecular complexity index is 744. The zero-order chi connectivity index (χ0) is 13.5. The quantitative estimate of drug-likeness (QED) is 0.677. The van der Waals surface area contributed by atoms with E-state index in [1.165, 1.54) is 0 Å². The summed E-state index contributed by atoms with van der Waals surface area (Å²) < 4.78 is 10.8. The molecule has 1 aliphatic heterocycles. The van der Waals surface area contributed by atoms with Gasteiger partial charge in [-0.05, 0) is 17.2 Å². The summed E-state index contributed by atoms with van der Waals surface area (Å²) in [5.41, 5.74) is 4.39. The van der Waals surface area contributed by atoms with E-state index in [4.69, 9.17) is 9.47 Å². The van der Waals surface area contributed by atoms with Gasteiger partial charge in [0.1, 0.15) is 19.5 Å². The van der Waals surface area contributed by atoms with Crippen molar-refractivity contribution < 1.29 is 14.3 Å². The van der Waals surface area contributed by atoms with Gasteiger partial charge < -0.3 is 9.47 Å². The average Bonchev–Trinajstić information content (AvgIpc) is 2.81. The lowest BCUT2D eigenvalue weighted by atomic mass is 10.0. The van der Waals surface area contributed by atoms with Crippen LogP contribution < -0.4 is 0 Å². The van der Waals surface area contributed by atoms with Crippen molar-refractivity contribution >= 4 is 11.5 Å². The number of ketones is 1. The van der Waals surface area contributed by atoms with Crippen LogP contribution in [-0.4, -0.2) is 19.0 Å². The Labute approximate surface area is 116 Å². The minimum absolute atomic E-state index is 0.0785. The smallest absolute Gasteiger partial charge is 0.194 e. The first-order valence-corrected chi connectivity index (χ1v) is 6.58. The monoisotopic (exact) mass is 264 g/mol. The van der Waals surface area contributed by atoms with Gasteiger partial charge in [-0.25, -0.2) is 0 Å². The van der Waals surface area contributed by atoms with Crippen molar-refractivity contribution in [1.82, 2.24) is 0 Å². The van der Waals surface area contributed by atoms with Gasteiger partial charge in [0.05, 0.1) is 0 Å². The summed E-state index contributed by atoms with van der Waals surface area (Å²) >= 11 is 0. The maximum absolute atomic E-state index is 12.4. The van der Waals surface area contributed by atoms with Crippen molar-refractivity contribution in [3.05, 3.63) is 65.4 Å². The van der Waals surface area contributed by atoms with E-state index in [1.54, 1.807) is 6.26 Å². The molecule has 0 bridgehead atoms. The molecule has 4 rings (SSSR count). The molecule has 0 saturated heterocycles. The van der Waals surface area contributed by atoms with Crippen LogP contribution in [0.3, 0.4) is 0 Å². The normalized spacial score (nSPS) is 15.8. The van der Waals surface area contributed by atoms with Gasteiger partial charge >= 0.3 is 0 Å². The molecule has 0 fully saturated rings. The molecule has 2 aromatic carbocycles. The van der Waals surface area contributed by atoms with Gasteiger partial charge in [-0.2, -0.15) is 0 Å². The molecule has 0 spiro atoms. The zero-order valence-electron chi connectivity index (χ0n) is 10.8. The molecule has 2 aromatic rings. The topological polar surface area (TPSA) is 35.5 Å². The van der Waals surface area contributed by atoms with Gasteiger partial charge in [0, 0.05) is 16.7 Å². The maximum Gasteiger partial charge on any atom is 0.194 e. The lowest BCUT2D eigenvalue weighted by Crippen LogP contribution is -2.07. The predicted octanol–water partition coefficient (Wildman–Crippen LogP) is 3.24. The van der Waals surface area contributed by atoms with E-state index < -0.39 is 0 Å². The predicted molar refractivity (Wildman–Crippen MR) is 75.2 cm³/mol. The van der Waals surface area contributed by atoms with Crippen LogP contribution in [-0.2, 0) is 9.47 Å². The molecule has 0 saturated carbocycles. The van der Waals surface area contributed by atoms with Gasteiger partial charge in [0.2, 0.25) is 0 Å². The Morgan fingerprint density at radius 3 is 2.45 bits per heavy atom. The molecule has 98 valence electrons. The second-order valence-corrected chi connectivity index (χ2v) is 4.84. The summed E-state index contributed by atoms with van der Waals surface area (Å²) in [6.45, 7) is 1.11. The molecule has 0 atom stereocenters. The molecule has 2 aliphatic rings. The average molecular weight is 264 g/mol. The number of fused-ring (bicyclic) bond motifs is 3. The number of hydrogen-bond donors (Lipinski definition) is 0. The van der Waals surface area contributed by atoms with E-state index in [-0.39, 0.29) is 5.78 Å². The van der Waals surface area contributed by atoms with Crippen LogP contribution in [0.4, 0.5) is 0 Å². The molecular formula is C17H12O3. The van der Waals surface area contributed by atoms with Gasteiger partial charge in [0.25, 0.3) is 0 Å². The van der Waals surface area contributed by atoms with Crippen LogP contribution in [0.5, 0.6) is 0 Å². The van der Waals surface area contributed by atoms with Crippen molar-refractivity contribution in [2.75, 3.05) is 13.2 Å². The third-order valence-electron chi connectivity index (χ3n) is 3.66. The van der Waals surface area contributed by atoms with E-state index in [0.29, 0.717) is 19.0 Å². The minimum atomic E-state index is 0.0785. The number of carbonyl (C=O) groups is 1. The second-order valence-electron chi connectivity index (χ2n) is 4.84. The summed E-state index contributed by atoms with van der Waals surface area (Å²) in [5.74, 6) is 0.762. The van der Waals surface area contributed by atoms with E-state index in [2.05, 4.69) is 0 Å². The number of hydrogen-bond acceptors (Lipinski definition) is 3. The molecule has 0 amide bonds. The maximum atomic E-state index is 12.4. The molecule has 0 aromatic heterocycles. The number of benzene rings is 2. The lowest BCUT2D eigenvalue weighted by molar-refractivity contribution is 0.104. The third kappa shape index (κ3) is 1.56. The van der Waals surface area contributed by atoms with E-state index in [0.717, 1.165) is 27.8 Å². The first-order chi connectivity index (χ1) is 9.84. The minimum Gasteiger partial charge on any atom is -0.494 e. The van der Waals surface area contributed by atoms with Crippen molar-refractivity contribution in [3.63, 3.8) is 0 Å². The van der Waals surface area contributed by atoms with E-state index in [1.807, 2.05) is 42.5 Å². The zero-order valence-corrected chi connectivity index (χ0v) is 10.8. The van der Waals surface area contributed by atoms with Crippen LogP contribution in [0.1, 0.15) is 21.5 Å². The van der Waals surface area contributed by atoms with Crippen LogP contribution in [0, 0.1) is 0 Å². The van der Waals surface area contributed by atoms with Crippen molar-refractivity contribution in [3.8, 4) is 11.1 Å². The van der Waals surface area contributed by atoms with Crippen molar-refractivity contribution in [2.24, 2.45) is 0 Å². The highest BCUT2D eigenvalue weighted by molar-refractivity contribution is 6.21. The first kappa shape index (κ1) is 11.3. The molecular weight excluding hydrogens is 252 g/mol. The fourth-order valence-corrected chi connectivity index (χ4v) is 2.70. The van der Waals surface area contributed by atoms with Gasteiger partial charge in [-0.1, -0.05) is 36.4 Å². The summed E-state index contributed by atoms with van der Waals surface area (Å²) in [5, 5.41) is 0. The highest BCUT2D eigenvalue weighted by atomic mass is 16.6. The van der Waals surface area contributed by atoms with E-state index in [9.17, 15) is 4.79 Å². The fraction of sp³-hybridized carbons (Fsp3) is 0.118. The van der Waals surface area contributed by atoms with Crippen LogP contribution in [0.25, 0.3) is 16.9 Å². The fourth-order valence-electron chi connectivity index (χ4n) is 2.70. The van der Waals surface area contributed by atoms with E-state index >= 15 is 0 Å². The van der Waals surface area contributed by atoms with Crippen LogP contribution >= 0.6 is 0 Å². The third-order valence-corrected chi connectivity index (χ3v) is 3.66. The highest BCUT2D eigenvalue weighted by Gasteiger charge is 2.26. The molecule has 0 unspecified atom stereocenters. The molecule has 3 nitrogen and oxygen atoms in total. The van der Waals surface area contributed by atoms with Crippen LogP contribution in [0.15, 0.2) is 48.7 Å². The largest absolute Gasteiger partial charge is 0.494 e. The van der Waals surface area contributed by atoms with Gasteiger partial charge in [-0.3, -0.25) is 4.79 Å². The standard InChI is InChI=1S/C17H12O3/c18-17-14-4-2-1-3-12(14)13-6-5-11(9-15(13)17)16-10-19-7-8-20-16/h1-6,9-10H,7-8H2. The molecule has 1 heterocycles. The van der Waals surface area contributed by atoms with Gasteiger partial charge in [0.15, 0.2) is 11.5 Å². The Kier molecular flexibility index (Phi) is 2.39. The molecule has 20 heavy (non-hydrogen) atoms. The number of ether oxygens (including phenoxy) is 2. The first-order valence-electron chi connectivity index (χ1n) is 6.58. The lowest BCUT2D eigenvalue weighted by Gasteiger charge is -2.16. The molecule has 1 aliphatic carbocycles. The van der Waals surface area contributed by atoms with Crippen molar-refractivity contribution in [1.29, 1.82) is 0 Å². The molecule has 3 heteroatoms. The Balaban J connectivity index is 1.84. The Morgan fingerprint density at radius 1 is 0.850 bits per heavy atom. The SMILES string of the molecule is O=C1c2ccccc2-c2ccc(C3=COCCO3)cc21. The summed E-state index contributed by atoms with van der Waals surface area (Å²) in [7, 11) is 0. The van der Waals surface area contributed by atoms with Gasteiger partial charge in [-0.15, -0.1) is 0 Å². The Morgan fingerprint density at radius 2 is 1.65 bits per heavy atom. The van der Waals surface area contributed by atoms with Crippen LogP contribution in [0.2, 0.25) is 0 Å². The van der Waals surface area contributed by atoms with Crippen molar-refractivity contribution in [2.45, 2.75) is 0 Å². The highest BCUT2D eigenvalue weighted by Crippen LogP contribution is 2.37.